The van der Waals surface area contributed by atoms with E-state index < -0.39 is 11.9 Å². The van der Waals surface area contributed by atoms with Crippen LogP contribution in [0.4, 0.5) is 15.1 Å². The van der Waals surface area contributed by atoms with Gasteiger partial charge in [0, 0.05) is 37.0 Å². The smallest absolute Gasteiger partial charge is 0.414 e. The normalized spacial score (nSPS) is 12.7. The minimum absolute atomic E-state index is 0.0308. The summed E-state index contributed by atoms with van der Waals surface area (Å²) in [5.74, 6) is 0.0793. The van der Waals surface area contributed by atoms with Crippen LogP contribution in [0.5, 0.6) is 5.75 Å². The molecule has 0 spiro atoms. The maximum absolute atomic E-state index is 14.7. The molecule has 0 unspecified atom stereocenters. The molecule has 0 radical (unpaired) electrons. The van der Waals surface area contributed by atoms with E-state index in [0.29, 0.717) is 41.2 Å². The van der Waals surface area contributed by atoms with Gasteiger partial charge in [0.1, 0.15) is 11.6 Å². The molecule has 3 aromatic heterocycles. The van der Waals surface area contributed by atoms with Gasteiger partial charge < -0.3 is 14.9 Å². The van der Waals surface area contributed by atoms with E-state index in [9.17, 15) is 19.4 Å². The first-order valence-electron chi connectivity index (χ1n) is 10.3. The van der Waals surface area contributed by atoms with E-state index in [-0.39, 0.29) is 24.7 Å². The average Bonchev–Trinajstić information content (AvgIpc) is 3.50. The quantitative estimate of drug-likeness (QED) is 0.478. The summed E-state index contributed by atoms with van der Waals surface area (Å²) in [5.41, 5.74) is 3.80. The Morgan fingerprint density at radius 3 is 2.88 bits per heavy atom. The molecule has 1 amide bonds. The highest BCUT2D eigenvalue weighted by molar-refractivity contribution is 5.86. The van der Waals surface area contributed by atoms with E-state index in [1.165, 1.54) is 22.9 Å². The lowest BCUT2D eigenvalue weighted by molar-refractivity contribution is 0.201. The van der Waals surface area contributed by atoms with Gasteiger partial charge in [-0.05, 0) is 25.1 Å². The van der Waals surface area contributed by atoms with Gasteiger partial charge in [0.05, 0.1) is 42.4 Å². The minimum atomic E-state index is -1.30. The van der Waals surface area contributed by atoms with Crippen molar-refractivity contribution in [1.29, 1.82) is 0 Å². The monoisotopic (exact) mass is 452 g/mol. The average molecular weight is 452 g/mol. The first-order chi connectivity index (χ1) is 15.9. The van der Waals surface area contributed by atoms with Crippen molar-refractivity contribution in [3.63, 3.8) is 0 Å². The fourth-order valence-electron chi connectivity index (χ4n) is 4.20. The minimum Gasteiger partial charge on any atom is -0.493 e. The van der Waals surface area contributed by atoms with E-state index >= 15 is 0 Å². The number of aryl methyl sites for hydroxylation is 2. The largest absolute Gasteiger partial charge is 0.493 e. The van der Waals surface area contributed by atoms with Gasteiger partial charge in [0.2, 0.25) is 5.95 Å². The lowest BCUT2D eigenvalue weighted by Crippen LogP contribution is -2.32. The van der Waals surface area contributed by atoms with Gasteiger partial charge in [0.25, 0.3) is 0 Å². The highest BCUT2D eigenvalue weighted by Crippen LogP contribution is 2.33. The van der Waals surface area contributed by atoms with E-state index in [2.05, 4.69) is 15.1 Å². The molecule has 0 saturated heterocycles. The second-order valence-electron chi connectivity index (χ2n) is 7.82. The summed E-state index contributed by atoms with van der Waals surface area (Å²) >= 11 is 0. The number of nitrogens with zero attached hydrogens (tertiary/aromatic N) is 6. The standard InChI is InChI=1S/C22H21FN6O4/c1-12-7-18(27(2)26-12)15-8-24-21(28-9-13(11-30)25-20(15)28)29(22(31)32)10-16-14-5-6-33-19(14)4-3-17(16)23/h3-4,7-9,30H,5-6,10-11H2,1-2H3,(H,31,32). The highest BCUT2D eigenvalue weighted by atomic mass is 19.1. The molecule has 0 bridgehead atoms. The van der Waals surface area contributed by atoms with Crippen molar-refractivity contribution in [1.82, 2.24) is 24.1 Å². The molecule has 1 aromatic carbocycles. The van der Waals surface area contributed by atoms with Crippen LogP contribution < -0.4 is 9.64 Å². The van der Waals surface area contributed by atoms with Crippen LogP contribution in [0.1, 0.15) is 22.5 Å². The van der Waals surface area contributed by atoms with Gasteiger partial charge in [-0.3, -0.25) is 9.08 Å². The zero-order chi connectivity index (χ0) is 23.3. The van der Waals surface area contributed by atoms with Gasteiger partial charge in [-0.2, -0.15) is 5.10 Å². The Bertz CT molecular complexity index is 1400. The number of halogens is 1. The number of anilines is 1. The molecule has 2 N–H and O–H groups in total. The van der Waals surface area contributed by atoms with E-state index in [1.54, 1.807) is 17.8 Å². The molecule has 0 saturated carbocycles. The number of aliphatic hydroxyl groups excluding tert-OH is 1. The molecule has 0 atom stereocenters. The van der Waals surface area contributed by atoms with Gasteiger partial charge in [-0.25, -0.2) is 24.1 Å². The number of benzene rings is 1. The summed E-state index contributed by atoms with van der Waals surface area (Å²) in [5, 5.41) is 24.0. The summed E-state index contributed by atoms with van der Waals surface area (Å²) in [7, 11) is 1.78. The van der Waals surface area contributed by atoms with Crippen molar-refractivity contribution in [3.05, 3.63) is 58.9 Å². The Morgan fingerprint density at radius 2 is 2.18 bits per heavy atom. The predicted molar refractivity (Wildman–Crippen MR) is 116 cm³/mol. The van der Waals surface area contributed by atoms with Crippen LogP contribution in [0.15, 0.2) is 30.6 Å². The van der Waals surface area contributed by atoms with Crippen LogP contribution in [0.25, 0.3) is 16.9 Å². The summed E-state index contributed by atoms with van der Waals surface area (Å²) < 4.78 is 23.4. The number of aromatic nitrogens is 5. The third kappa shape index (κ3) is 3.46. The Balaban J connectivity index is 1.66. The van der Waals surface area contributed by atoms with Crippen LogP contribution >= 0.6 is 0 Å². The van der Waals surface area contributed by atoms with Crippen LogP contribution in [-0.2, 0) is 26.6 Å². The molecule has 0 aliphatic carbocycles. The number of hydrogen-bond donors (Lipinski definition) is 2. The summed E-state index contributed by atoms with van der Waals surface area (Å²) in [6, 6.07) is 4.69. The number of ether oxygens (including phenoxy) is 1. The zero-order valence-electron chi connectivity index (χ0n) is 18.0. The van der Waals surface area contributed by atoms with Gasteiger partial charge in [-0.15, -0.1) is 0 Å². The Kier molecular flexibility index (Phi) is 4.97. The van der Waals surface area contributed by atoms with Crippen LogP contribution in [0.2, 0.25) is 0 Å². The molecule has 4 aromatic rings. The Labute approximate surface area is 187 Å². The summed E-state index contributed by atoms with van der Waals surface area (Å²) in [4.78, 5) is 22.1. The molecule has 10 nitrogen and oxygen atoms in total. The topological polar surface area (TPSA) is 118 Å². The van der Waals surface area contributed by atoms with Crippen molar-refractivity contribution >= 4 is 17.7 Å². The van der Waals surface area contributed by atoms with Crippen molar-refractivity contribution < 1.29 is 24.1 Å². The summed E-state index contributed by atoms with van der Waals surface area (Å²) in [6.45, 7) is 1.68. The molecule has 11 heteroatoms. The highest BCUT2D eigenvalue weighted by Gasteiger charge is 2.27. The molecule has 1 aliphatic rings. The van der Waals surface area contributed by atoms with E-state index in [0.717, 1.165) is 16.3 Å². The van der Waals surface area contributed by atoms with Gasteiger partial charge >= 0.3 is 6.09 Å². The molecule has 0 fully saturated rings. The number of hydrogen-bond acceptors (Lipinski definition) is 6. The number of imidazole rings is 1. The maximum atomic E-state index is 14.7. The first-order valence-corrected chi connectivity index (χ1v) is 10.3. The third-order valence-electron chi connectivity index (χ3n) is 5.69. The number of carboxylic acid groups (broad SMARTS) is 1. The maximum Gasteiger partial charge on any atom is 0.414 e. The lowest BCUT2D eigenvalue weighted by atomic mass is 10.0. The second kappa shape index (κ2) is 7.85. The van der Waals surface area contributed by atoms with Crippen LogP contribution in [-0.4, -0.2) is 47.1 Å². The number of fused-ring (bicyclic) bond motifs is 2. The third-order valence-corrected chi connectivity index (χ3v) is 5.69. The van der Waals surface area contributed by atoms with E-state index in [1.807, 2.05) is 13.0 Å². The number of carbonyl (C=O) groups is 1. The molecule has 33 heavy (non-hydrogen) atoms. The number of aliphatic hydroxyl groups is 1. The van der Waals surface area contributed by atoms with Crippen LogP contribution in [0.3, 0.4) is 0 Å². The molecule has 4 heterocycles. The molecule has 170 valence electrons. The SMILES string of the molecule is Cc1cc(-c2cnc(N(Cc3c(F)ccc4c3CCO4)C(=O)O)n3cc(CO)nc23)n(C)n1. The van der Waals surface area contributed by atoms with Crippen LogP contribution in [0, 0.1) is 12.7 Å². The fourth-order valence-corrected chi connectivity index (χ4v) is 4.20. The van der Waals surface area contributed by atoms with E-state index in [4.69, 9.17) is 4.74 Å². The molecule has 1 aliphatic heterocycles. The number of amides is 1. The molecular weight excluding hydrogens is 431 g/mol. The van der Waals surface area contributed by atoms with Gasteiger partial charge in [0.15, 0.2) is 5.65 Å². The second-order valence-corrected chi connectivity index (χ2v) is 7.82. The van der Waals surface area contributed by atoms with Crippen molar-refractivity contribution in [2.45, 2.75) is 26.5 Å². The Hall–Kier alpha value is -3.99. The summed E-state index contributed by atoms with van der Waals surface area (Å²) in [6.07, 6.45) is 2.23. The fraction of sp³-hybridized carbons (Fsp3) is 0.273. The Morgan fingerprint density at radius 1 is 1.36 bits per heavy atom. The lowest BCUT2D eigenvalue weighted by Gasteiger charge is -2.21. The zero-order valence-corrected chi connectivity index (χ0v) is 18.0. The van der Waals surface area contributed by atoms with Crippen molar-refractivity contribution in [2.75, 3.05) is 11.5 Å². The first kappa shape index (κ1) is 20.9. The predicted octanol–water partition coefficient (Wildman–Crippen LogP) is 2.69. The molecule has 5 rings (SSSR count). The number of rotatable bonds is 5. The van der Waals surface area contributed by atoms with Crippen molar-refractivity contribution in [2.24, 2.45) is 7.05 Å². The molecular formula is C22H21FN6O4. The van der Waals surface area contributed by atoms with Crippen molar-refractivity contribution in [3.8, 4) is 17.0 Å². The van der Waals surface area contributed by atoms with Gasteiger partial charge in [-0.1, -0.05) is 0 Å².